The molecule has 0 bridgehead atoms. The highest BCUT2D eigenvalue weighted by Gasteiger charge is 2.22. The van der Waals surface area contributed by atoms with Crippen molar-refractivity contribution in [3.8, 4) is 11.3 Å². The normalized spacial score (nSPS) is 21.3. The fraction of sp³-hybridized carbons (Fsp3) is 0.474. The number of anilines is 1. The number of aromatic nitrogens is 2. The van der Waals surface area contributed by atoms with Gasteiger partial charge >= 0.3 is 0 Å². The van der Waals surface area contributed by atoms with Gasteiger partial charge in [-0.2, -0.15) is 0 Å². The lowest BCUT2D eigenvalue weighted by molar-refractivity contribution is -0.0670. The minimum atomic E-state index is -0.250. The highest BCUT2D eigenvalue weighted by atomic mass is 19.1. The van der Waals surface area contributed by atoms with E-state index in [1.807, 2.05) is 19.2 Å². The van der Waals surface area contributed by atoms with E-state index in [-0.39, 0.29) is 18.0 Å². The maximum absolute atomic E-state index is 13.0. The average molecular weight is 344 g/mol. The van der Waals surface area contributed by atoms with Gasteiger partial charge in [-0.25, -0.2) is 4.39 Å². The molecule has 1 saturated heterocycles. The van der Waals surface area contributed by atoms with Crippen LogP contribution in [0.3, 0.4) is 0 Å². The van der Waals surface area contributed by atoms with Crippen LogP contribution in [0.2, 0.25) is 0 Å². The maximum Gasteiger partial charge on any atom is 0.151 e. The Labute approximate surface area is 148 Å². The van der Waals surface area contributed by atoms with Crippen LogP contribution in [-0.2, 0) is 4.74 Å². The molecule has 134 valence electrons. The van der Waals surface area contributed by atoms with Gasteiger partial charge in [0.05, 0.1) is 17.9 Å². The summed E-state index contributed by atoms with van der Waals surface area (Å²) in [4.78, 5) is 4.53. The Kier molecular flexibility index (Phi) is 5.60. The summed E-state index contributed by atoms with van der Waals surface area (Å²) in [7, 11) is 2.02. The van der Waals surface area contributed by atoms with Gasteiger partial charge in [0.2, 0.25) is 0 Å². The van der Waals surface area contributed by atoms with Crippen molar-refractivity contribution < 1.29 is 9.13 Å². The molecule has 2 aromatic rings. The van der Waals surface area contributed by atoms with E-state index >= 15 is 0 Å². The van der Waals surface area contributed by atoms with Crippen LogP contribution in [0, 0.1) is 5.82 Å². The SMILES string of the molecule is C[C@@H]1CN(CCN(C)c2ccc(-c3ccc(F)cc3)nn2)C[C@H](C)O1. The summed E-state index contributed by atoms with van der Waals surface area (Å²) < 4.78 is 18.8. The van der Waals surface area contributed by atoms with Gasteiger partial charge in [-0.05, 0) is 50.2 Å². The van der Waals surface area contributed by atoms with Gasteiger partial charge in [-0.15, -0.1) is 10.2 Å². The summed E-state index contributed by atoms with van der Waals surface area (Å²) in [5.74, 6) is 0.583. The van der Waals surface area contributed by atoms with Gasteiger partial charge in [-0.1, -0.05) is 0 Å². The van der Waals surface area contributed by atoms with Gasteiger partial charge in [0.25, 0.3) is 0 Å². The lowest BCUT2D eigenvalue weighted by Crippen LogP contribution is -2.47. The van der Waals surface area contributed by atoms with Crippen LogP contribution < -0.4 is 4.90 Å². The number of rotatable bonds is 5. The van der Waals surface area contributed by atoms with Crippen molar-refractivity contribution >= 4 is 5.82 Å². The number of likely N-dealkylation sites (N-methyl/N-ethyl adjacent to an activating group) is 1. The summed E-state index contributed by atoms with van der Waals surface area (Å²) in [5, 5.41) is 8.58. The molecule has 2 atom stereocenters. The van der Waals surface area contributed by atoms with Crippen molar-refractivity contribution in [1.82, 2.24) is 15.1 Å². The van der Waals surface area contributed by atoms with Crippen molar-refractivity contribution in [2.45, 2.75) is 26.1 Å². The van der Waals surface area contributed by atoms with Gasteiger partial charge in [-0.3, -0.25) is 4.90 Å². The lowest BCUT2D eigenvalue weighted by atomic mass is 10.1. The molecule has 2 heterocycles. The summed E-state index contributed by atoms with van der Waals surface area (Å²) in [6, 6.07) is 10.2. The van der Waals surface area contributed by atoms with E-state index in [9.17, 15) is 4.39 Å². The summed E-state index contributed by atoms with van der Waals surface area (Å²) in [6.45, 7) is 8.01. The molecule has 0 unspecified atom stereocenters. The first kappa shape index (κ1) is 17.8. The third-order valence-electron chi connectivity index (χ3n) is 4.43. The molecule has 25 heavy (non-hydrogen) atoms. The number of benzene rings is 1. The average Bonchev–Trinajstić information content (AvgIpc) is 2.60. The first-order valence-electron chi connectivity index (χ1n) is 8.70. The smallest absolute Gasteiger partial charge is 0.151 e. The number of hydrogen-bond acceptors (Lipinski definition) is 5. The van der Waals surface area contributed by atoms with Crippen LogP contribution in [0.5, 0.6) is 0 Å². The zero-order valence-corrected chi connectivity index (χ0v) is 15.0. The van der Waals surface area contributed by atoms with Gasteiger partial charge in [0, 0.05) is 38.8 Å². The molecule has 0 radical (unpaired) electrons. The molecule has 1 aliphatic rings. The van der Waals surface area contributed by atoms with Crippen molar-refractivity contribution in [3.05, 3.63) is 42.2 Å². The first-order valence-corrected chi connectivity index (χ1v) is 8.70. The molecule has 1 aromatic heterocycles. The topological polar surface area (TPSA) is 41.5 Å². The molecule has 1 aliphatic heterocycles. The van der Waals surface area contributed by atoms with Gasteiger partial charge in [0.1, 0.15) is 5.82 Å². The van der Waals surface area contributed by atoms with Crippen LogP contribution in [0.4, 0.5) is 10.2 Å². The van der Waals surface area contributed by atoms with E-state index in [4.69, 9.17) is 4.74 Å². The second-order valence-electron chi connectivity index (χ2n) is 6.72. The third kappa shape index (κ3) is 4.74. The quantitative estimate of drug-likeness (QED) is 0.834. The molecule has 0 saturated carbocycles. The molecule has 3 rings (SSSR count). The summed E-state index contributed by atoms with van der Waals surface area (Å²) in [6.07, 6.45) is 0.563. The van der Waals surface area contributed by atoms with Crippen LogP contribution >= 0.6 is 0 Å². The second-order valence-corrected chi connectivity index (χ2v) is 6.72. The highest BCUT2D eigenvalue weighted by Crippen LogP contribution is 2.18. The fourth-order valence-electron chi connectivity index (χ4n) is 3.18. The van der Waals surface area contributed by atoms with E-state index in [0.717, 1.165) is 43.3 Å². The molecular weight excluding hydrogens is 319 g/mol. The Morgan fingerprint density at radius 3 is 2.36 bits per heavy atom. The maximum atomic E-state index is 13.0. The number of halogens is 1. The van der Waals surface area contributed by atoms with Crippen LogP contribution in [0.25, 0.3) is 11.3 Å². The zero-order valence-electron chi connectivity index (χ0n) is 15.0. The van der Waals surface area contributed by atoms with Crippen molar-refractivity contribution in [2.24, 2.45) is 0 Å². The lowest BCUT2D eigenvalue weighted by Gasteiger charge is -2.36. The number of ether oxygens (including phenoxy) is 1. The predicted molar refractivity (Wildman–Crippen MR) is 97.1 cm³/mol. The fourth-order valence-corrected chi connectivity index (χ4v) is 3.18. The monoisotopic (exact) mass is 344 g/mol. The largest absolute Gasteiger partial charge is 0.373 e. The molecule has 0 N–H and O–H groups in total. The van der Waals surface area contributed by atoms with E-state index in [2.05, 4.69) is 33.8 Å². The molecule has 6 heteroatoms. The Morgan fingerprint density at radius 2 is 1.76 bits per heavy atom. The third-order valence-corrected chi connectivity index (χ3v) is 4.43. The van der Waals surface area contributed by atoms with Crippen molar-refractivity contribution in [3.63, 3.8) is 0 Å². The Morgan fingerprint density at radius 1 is 1.08 bits per heavy atom. The molecule has 0 amide bonds. The first-order chi connectivity index (χ1) is 12.0. The summed E-state index contributed by atoms with van der Waals surface area (Å²) in [5.41, 5.74) is 1.60. The number of hydrogen-bond donors (Lipinski definition) is 0. The standard InChI is InChI=1S/C19H25FN4O/c1-14-12-24(13-15(2)25-14)11-10-23(3)19-9-8-18(21-22-19)16-4-6-17(20)7-5-16/h4-9,14-15H,10-13H2,1-3H3/t14-,15+. The predicted octanol–water partition coefficient (Wildman–Crippen LogP) is 2.83. The van der Waals surface area contributed by atoms with Crippen LogP contribution in [-0.4, -0.2) is 60.5 Å². The Balaban J connectivity index is 1.57. The molecule has 5 nitrogen and oxygen atoms in total. The van der Waals surface area contributed by atoms with Crippen molar-refractivity contribution in [1.29, 1.82) is 0 Å². The van der Waals surface area contributed by atoms with E-state index in [1.165, 1.54) is 12.1 Å². The number of nitrogens with zero attached hydrogens (tertiary/aromatic N) is 4. The highest BCUT2D eigenvalue weighted by molar-refractivity contribution is 5.59. The van der Waals surface area contributed by atoms with E-state index in [0.29, 0.717) is 0 Å². The minimum absolute atomic E-state index is 0.250. The summed E-state index contributed by atoms with van der Waals surface area (Å²) >= 11 is 0. The minimum Gasteiger partial charge on any atom is -0.373 e. The second kappa shape index (κ2) is 7.89. The molecule has 0 spiro atoms. The Bertz CT molecular complexity index is 667. The van der Waals surface area contributed by atoms with Gasteiger partial charge in [0.15, 0.2) is 5.82 Å². The van der Waals surface area contributed by atoms with Crippen molar-refractivity contribution in [2.75, 3.05) is 38.1 Å². The van der Waals surface area contributed by atoms with E-state index < -0.39 is 0 Å². The Hall–Kier alpha value is -2.05. The molecule has 0 aliphatic carbocycles. The van der Waals surface area contributed by atoms with E-state index in [1.54, 1.807) is 12.1 Å². The molecule has 1 aromatic carbocycles. The molecular formula is C19H25FN4O. The zero-order chi connectivity index (χ0) is 17.8. The van der Waals surface area contributed by atoms with Gasteiger partial charge < -0.3 is 9.64 Å². The van der Waals surface area contributed by atoms with Crippen LogP contribution in [0.15, 0.2) is 36.4 Å². The number of morpholine rings is 1. The van der Waals surface area contributed by atoms with Crippen LogP contribution in [0.1, 0.15) is 13.8 Å². The molecule has 1 fully saturated rings.